The molecule has 3 nitrogen and oxygen atoms in total. The van der Waals surface area contributed by atoms with Crippen molar-refractivity contribution in [3.05, 3.63) is 30.1 Å². The minimum atomic E-state index is 0.00764. The molecular weight excluding hydrogens is 176 g/mol. The Hall–Kier alpha value is -1.35. The number of imidazole rings is 1. The number of fused-ring (bicyclic) bond motifs is 1. The number of aromatic amines is 1. The van der Waals surface area contributed by atoms with Crippen LogP contribution in [0.3, 0.4) is 0 Å². The van der Waals surface area contributed by atoms with Gasteiger partial charge in [0.25, 0.3) is 0 Å². The average molecular weight is 188 g/mol. The van der Waals surface area contributed by atoms with Gasteiger partial charge in [-0.1, -0.05) is 6.07 Å². The third-order valence-electron chi connectivity index (χ3n) is 2.74. The lowest BCUT2D eigenvalue weighted by Gasteiger charge is -1.97. The van der Waals surface area contributed by atoms with E-state index >= 15 is 0 Å². The molecule has 1 fully saturated rings. The number of benzene rings is 1. The van der Waals surface area contributed by atoms with E-state index in [-0.39, 0.29) is 11.7 Å². The van der Waals surface area contributed by atoms with Crippen LogP contribution in [0.15, 0.2) is 24.5 Å². The van der Waals surface area contributed by atoms with Gasteiger partial charge in [-0.15, -0.1) is 0 Å². The predicted octanol–water partition coefficient (Wildman–Crippen LogP) is 2.41. The van der Waals surface area contributed by atoms with Gasteiger partial charge in [0, 0.05) is 0 Å². The first kappa shape index (κ1) is 8.00. The SMILES string of the molecule is CC1(C)OC1c1ccc2nc[nH]c2c1. The van der Waals surface area contributed by atoms with Gasteiger partial charge in [0.05, 0.1) is 23.0 Å². The molecule has 3 heteroatoms. The molecule has 2 heterocycles. The van der Waals surface area contributed by atoms with Crippen molar-refractivity contribution in [2.75, 3.05) is 0 Å². The topological polar surface area (TPSA) is 41.2 Å². The van der Waals surface area contributed by atoms with Crippen LogP contribution >= 0.6 is 0 Å². The molecule has 1 atom stereocenters. The van der Waals surface area contributed by atoms with E-state index in [2.05, 4.69) is 35.9 Å². The fraction of sp³-hybridized carbons (Fsp3) is 0.364. The first-order valence-electron chi connectivity index (χ1n) is 4.78. The Balaban J connectivity index is 2.07. The zero-order valence-corrected chi connectivity index (χ0v) is 8.24. The van der Waals surface area contributed by atoms with Gasteiger partial charge in [0.1, 0.15) is 6.10 Å². The summed E-state index contributed by atoms with van der Waals surface area (Å²) in [5.74, 6) is 0. The first-order valence-corrected chi connectivity index (χ1v) is 4.78. The van der Waals surface area contributed by atoms with E-state index in [0.29, 0.717) is 0 Å². The quantitative estimate of drug-likeness (QED) is 0.698. The molecule has 72 valence electrons. The molecule has 1 aliphatic rings. The second-order valence-electron chi connectivity index (χ2n) is 4.28. The third-order valence-corrected chi connectivity index (χ3v) is 2.74. The Morgan fingerprint density at radius 2 is 2.21 bits per heavy atom. The van der Waals surface area contributed by atoms with E-state index in [4.69, 9.17) is 4.74 Å². The number of rotatable bonds is 1. The second-order valence-corrected chi connectivity index (χ2v) is 4.28. The Morgan fingerprint density at radius 3 is 2.93 bits per heavy atom. The number of epoxide rings is 1. The molecule has 3 rings (SSSR count). The standard InChI is InChI=1S/C11H12N2O/c1-11(2)10(14-11)7-3-4-8-9(5-7)13-6-12-8/h3-6,10H,1-2H3,(H,12,13). The molecule has 14 heavy (non-hydrogen) atoms. The van der Waals surface area contributed by atoms with E-state index < -0.39 is 0 Å². The summed E-state index contributed by atoms with van der Waals surface area (Å²) in [4.78, 5) is 7.28. The summed E-state index contributed by atoms with van der Waals surface area (Å²) in [6, 6.07) is 6.23. The Kier molecular flexibility index (Phi) is 1.35. The summed E-state index contributed by atoms with van der Waals surface area (Å²) in [7, 11) is 0. The zero-order valence-electron chi connectivity index (χ0n) is 8.24. The molecule has 0 spiro atoms. The molecule has 0 saturated carbocycles. The van der Waals surface area contributed by atoms with E-state index in [1.807, 2.05) is 6.07 Å². The lowest BCUT2D eigenvalue weighted by Crippen LogP contribution is -1.97. The summed E-state index contributed by atoms with van der Waals surface area (Å²) in [5.41, 5.74) is 3.32. The zero-order chi connectivity index (χ0) is 9.76. The highest BCUT2D eigenvalue weighted by Crippen LogP contribution is 2.48. The van der Waals surface area contributed by atoms with Gasteiger partial charge in [-0.25, -0.2) is 4.98 Å². The maximum absolute atomic E-state index is 5.58. The van der Waals surface area contributed by atoms with Gasteiger partial charge >= 0.3 is 0 Å². The summed E-state index contributed by atoms with van der Waals surface area (Å²) in [6.45, 7) is 4.21. The van der Waals surface area contributed by atoms with Crippen LogP contribution in [0.5, 0.6) is 0 Å². The third kappa shape index (κ3) is 1.06. The molecular formula is C11H12N2O. The van der Waals surface area contributed by atoms with E-state index in [1.54, 1.807) is 6.33 Å². The minimum absolute atomic E-state index is 0.00764. The number of ether oxygens (including phenoxy) is 1. The molecule has 0 bridgehead atoms. The van der Waals surface area contributed by atoms with Crippen molar-refractivity contribution in [2.45, 2.75) is 25.6 Å². The Labute approximate surface area is 82.1 Å². The van der Waals surface area contributed by atoms with Crippen LogP contribution in [0.1, 0.15) is 25.5 Å². The van der Waals surface area contributed by atoms with Crippen LogP contribution < -0.4 is 0 Å². The molecule has 0 radical (unpaired) electrons. The minimum Gasteiger partial charge on any atom is -0.362 e. The molecule has 1 aromatic carbocycles. The highest BCUT2D eigenvalue weighted by Gasteiger charge is 2.48. The van der Waals surface area contributed by atoms with Crippen molar-refractivity contribution in [1.82, 2.24) is 9.97 Å². The Morgan fingerprint density at radius 1 is 1.43 bits per heavy atom. The fourth-order valence-electron chi connectivity index (χ4n) is 1.86. The molecule has 1 aliphatic heterocycles. The van der Waals surface area contributed by atoms with E-state index in [1.165, 1.54) is 5.56 Å². The highest BCUT2D eigenvalue weighted by molar-refractivity contribution is 5.75. The van der Waals surface area contributed by atoms with Crippen LogP contribution in [-0.2, 0) is 4.74 Å². The largest absolute Gasteiger partial charge is 0.362 e. The summed E-state index contributed by atoms with van der Waals surface area (Å²) < 4.78 is 5.58. The summed E-state index contributed by atoms with van der Waals surface area (Å²) in [6.07, 6.45) is 1.96. The van der Waals surface area contributed by atoms with Crippen LogP contribution in [0, 0.1) is 0 Å². The number of H-pyrrole nitrogens is 1. The normalized spacial score (nSPS) is 24.0. The molecule has 0 aliphatic carbocycles. The fourth-order valence-corrected chi connectivity index (χ4v) is 1.86. The second kappa shape index (κ2) is 2.36. The summed E-state index contributed by atoms with van der Waals surface area (Å²) >= 11 is 0. The molecule has 1 unspecified atom stereocenters. The van der Waals surface area contributed by atoms with Crippen LogP contribution in [0.25, 0.3) is 11.0 Å². The van der Waals surface area contributed by atoms with Crippen molar-refractivity contribution in [1.29, 1.82) is 0 Å². The van der Waals surface area contributed by atoms with Gasteiger partial charge in [-0.05, 0) is 31.5 Å². The van der Waals surface area contributed by atoms with Crippen LogP contribution in [0.4, 0.5) is 0 Å². The molecule has 2 aromatic rings. The monoisotopic (exact) mass is 188 g/mol. The number of nitrogens with one attached hydrogen (secondary N) is 1. The van der Waals surface area contributed by atoms with Gasteiger partial charge in [-0.3, -0.25) is 0 Å². The molecule has 1 aromatic heterocycles. The molecule has 0 amide bonds. The van der Waals surface area contributed by atoms with Gasteiger partial charge in [0.2, 0.25) is 0 Å². The maximum atomic E-state index is 5.58. The van der Waals surface area contributed by atoms with Crippen molar-refractivity contribution < 1.29 is 4.74 Å². The maximum Gasteiger partial charge on any atom is 0.112 e. The van der Waals surface area contributed by atoms with E-state index in [0.717, 1.165) is 11.0 Å². The summed E-state index contributed by atoms with van der Waals surface area (Å²) in [5, 5.41) is 0. The van der Waals surface area contributed by atoms with Gasteiger partial charge in [-0.2, -0.15) is 0 Å². The molecule has 1 N–H and O–H groups in total. The van der Waals surface area contributed by atoms with Crippen molar-refractivity contribution >= 4 is 11.0 Å². The Bertz CT molecular complexity index is 487. The highest BCUT2D eigenvalue weighted by atomic mass is 16.6. The predicted molar refractivity (Wildman–Crippen MR) is 54.0 cm³/mol. The molecule has 1 saturated heterocycles. The van der Waals surface area contributed by atoms with Gasteiger partial charge in [0.15, 0.2) is 0 Å². The van der Waals surface area contributed by atoms with Crippen LogP contribution in [0.2, 0.25) is 0 Å². The number of hydrogen-bond acceptors (Lipinski definition) is 2. The average Bonchev–Trinajstić information content (AvgIpc) is 2.63. The van der Waals surface area contributed by atoms with Crippen molar-refractivity contribution in [3.63, 3.8) is 0 Å². The number of hydrogen-bond donors (Lipinski definition) is 1. The first-order chi connectivity index (χ1) is 6.67. The van der Waals surface area contributed by atoms with Gasteiger partial charge < -0.3 is 9.72 Å². The smallest absolute Gasteiger partial charge is 0.112 e. The van der Waals surface area contributed by atoms with Crippen molar-refractivity contribution in [3.8, 4) is 0 Å². The van der Waals surface area contributed by atoms with E-state index in [9.17, 15) is 0 Å². The number of aromatic nitrogens is 2. The van der Waals surface area contributed by atoms with Crippen LogP contribution in [-0.4, -0.2) is 15.6 Å². The van der Waals surface area contributed by atoms with Crippen molar-refractivity contribution in [2.24, 2.45) is 0 Å². The number of nitrogens with zero attached hydrogens (tertiary/aromatic N) is 1. The lowest BCUT2D eigenvalue weighted by molar-refractivity contribution is 0.325. The lowest BCUT2D eigenvalue weighted by atomic mass is 10.0.